The molecule has 0 spiro atoms. The standard InChI is InChI=1S/C24H24N2O5/c1-2-30-21-10-8-18(9-11-21)16-20(17-25)24(28)31-22(19-6-4-3-5-7-19)23(27)26-12-14-29-15-13-26/h3-11,16,22H,2,12-15H2,1H3/b20-16+/t22-/m1/s1. The third-order valence-corrected chi connectivity index (χ3v) is 4.72. The van der Waals surface area contributed by atoms with Crippen LogP contribution in [0.15, 0.2) is 60.2 Å². The molecule has 1 atom stereocenters. The third-order valence-electron chi connectivity index (χ3n) is 4.72. The number of nitrogens with zero attached hydrogens (tertiary/aromatic N) is 2. The Bertz CT molecular complexity index is 958. The number of ether oxygens (including phenoxy) is 3. The lowest BCUT2D eigenvalue weighted by molar-refractivity contribution is -0.159. The zero-order chi connectivity index (χ0) is 22.1. The molecule has 1 aliphatic heterocycles. The van der Waals surface area contributed by atoms with Crippen LogP contribution in [0.3, 0.4) is 0 Å². The first kappa shape index (κ1) is 22.1. The van der Waals surface area contributed by atoms with Crippen LogP contribution in [0.1, 0.15) is 24.2 Å². The lowest BCUT2D eigenvalue weighted by atomic mass is 10.1. The fourth-order valence-electron chi connectivity index (χ4n) is 3.14. The summed E-state index contributed by atoms with van der Waals surface area (Å²) in [4.78, 5) is 27.5. The van der Waals surface area contributed by atoms with Gasteiger partial charge < -0.3 is 19.1 Å². The van der Waals surface area contributed by atoms with E-state index < -0.39 is 12.1 Å². The Kier molecular flexibility index (Phi) is 7.79. The summed E-state index contributed by atoms with van der Waals surface area (Å²) in [7, 11) is 0. The number of hydrogen-bond donors (Lipinski definition) is 0. The molecule has 31 heavy (non-hydrogen) atoms. The van der Waals surface area contributed by atoms with Gasteiger partial charge in [-0.3, -0.25) is 4.79 Å². The molecule has 3 rings (SSSR count). The number of nitriles is 1. The SMILES string of the molecule is CCOc1ccc(/C=C(\C#N)C(=O)O[C@@H](C(=O)N2CCOCC2)c2ccccc2)cc1. The predicted octanol–water partition coefficient (Wildman–Crippen LogP) is 3.14. The van der Waals surface area contributed by atoms with Crippen molar-refractivity contribution in [1.82, 2.24) is 4.90 Å². The normalized spacial score (nSPS) is 15.0. The summed E-state index contributed by atoms with van der Waals surface area (Å²) in [5.74, 6) is -0.492. The minimum absolute atomic E-state index is 0.195. The molecule has 0 N–H and O–H groups in total. The van der Waals surface area contributed by atoms with Gasteiger partial charge in [0.15, 0.2) is 0 Å². The number of rotatable bonds is 7. The zero-order valence-electron chi connectivity index (χ0n) is 17.3. The third kappa shape index (κ3) is 5.93. The maximum absolute atomic E-state index is 13.1. The highest BCUT2D eigenvalue weighted by atomic mass is 16.5. The Morgan fingerprint density at radius 1 is 1.13 bits per heavy atom. The first-order valence-corrected chi connectivity index (χ1v) is 10.1. The molecular weight excluding hydrogens is 396 g/mol. The van der Waals surface area contributed by atoms with Crippen molar-refractivity contribution in [2.45, 2.75) is 13.0 Å². The molecule has 0 bridgehead atoms. The van der Waals surface area contributed by atoms with Crippen molar-refractivity contribution in [2.24, 2.45) is 0 Å². The van der Waals surface area contributed by atoms with E-state index in [-0.39, 0.29) is 11.5 Å². The van der Waals surface area contributed by atoms with E-state index >= 15 is 0 Å². The van der Waals surface area contributed by atoms with E-state index in [0.717, 1.165) is 0 Å². The molecule has 2 aromatic carbocycles. The van der Waals surface area contributed by atoms with Crippen molar-refractivity contribution < 1.29 is 23.8 Å². The van der Waals surface area contributed by atoms with E-state index in [4.69, 9.17) is 14.2 Å². The average molecular weight is 420 g/mol. The maximum Gasteiger partial charge on any atom is 0.350 e. The molecule has 1 aliphatic rings. The molecule has 0 unspecified atom stereocenters. The maximum atomic E-state index is 13.1. The smallest absolute Gasteiger partial charge is 0.350 e. The van der Waals surface area contributed by atoms with Gasteiger partial charge in [-0.05, 0) is 30.7 Å². The van der Waals surface area contributed by atoms with Crippen molar-refractivity contribution >= 4 is 18.0 Å². The highest BCUT2D eigenvalue weighted by Crippen LogP contribution is 2.23. The summed E-state index contributed by atoms with van der Waals surface area (Å²) in [6.07, 6.45) is 0.295. The molecule has 2 aromatic rings. The fraction of sp³-hybridized carbons (Fsp3) is 0.292. The van der Waals surface area contributed by atoms with Gasteiger partial charge in [0.2, 0.25) is 6.10 Å². The lowest BCUT2D eigenvalue weighted by Crippen LogP contribution is -2.44. The van der Waals surface area contributed by atoms with Crippen LogP contribution < -0.4 is 4.74 Å². The van der Waals surface area contributed by atoms with Crippen molar-refractivity contribution in [3.8, 4) is 11.8 Å². The molecular formula is C24H24N2O5. The minimum atomic E-state index is -1.14. The van der Waals surface area contributed by atoms with Gasteiger partial charge in [-0.15, -0.1) is 0 Å². The van der Waals surface area contributed by atoms with Gasteiger partial charge in [0.1, 0.15) is 17.4 Å². The molecule has 0 aromatic heterocycles. The van der Waals surface area contributed by atoms with E-state index in [9.17, 15) is 14.9 Å². The predicted molar refractivity (Wildman–Crippen MR) is 114 cm³/mol. The number of amides is 1. The van der Waals surface area contributed by atoms with Crippen LogP contribution in [0.5, 0.6) is 5.75 Å². The Morgan fingerprint density at radius 2 is 1.81 bits per heavy atom. The molecule has 160 valence electrons. The number of morpholine rings is 1. The molecule has 1 saturated heterocycles. The second-order valence-electron chi connectivity index (χ2n) is 6.81. The molecule has 7 heteroatoms. The number of hydrogen-bond acceptors (Lipinski definition) is 6. The molecule has 1 heterocycles. The number of carbonyl (C=O) groups is 2. The van der Waals surface area contributed by atoms with Crippen LogP contribution in [-0.2, 0) is 19.1 Å². The Hall–Kier alpha value is -3.63. The molecule has 1 amide bonds. The Labute approximate surface area is 181 Å². The van der Waals surface area contributed by atoms with E-state index in [1.807, 2.05) is 19.1 Å². The molecule has 0 saturated carbocycles. The average Bonchev–Trinajstić information content (AvgIpc) is 2.82. The zero-order valence-corrected chi connectivity index (χ0v) is 17.3. The molecule has 0 aliphatic carbocycles. The summed E-state index contributed by atoms with van der Waals surface area (Å²) in [5.41, 5.74) is 0.998. The van der Waals surface area contributed by atoms with Crippen LogP contribution in [0.2, 0.25) is 0 Å². The van der Waals surface area contributed by atoms with Crippen molar-refractivity contribution in [3.63, 3.8) is 0 Å². The highest BCUT2D eigenvalue weighted by molar-refractivity contribution is 5.99. The van der Waals surface area contributed by atoms with Crippen LogP contribution in [0, 0.1) is 11.3 Å². The minimum Gasteiger partial charge on any atom is -0.494 e. The van der Waals surface area contributed by atoms with Crippen LogP contribution in [0.4, 0.5) is 0 Å². The van der Waals surface area contributed by atoms with Crippen LogP contribution >= 0.6 is 0 Å². The van der Waals surface area contributed by atoms with Gasteiger partial charge in [0.05, 0.1) is 19.8 Å². The van der Waals surface area contributed by atoms with Crippen LogP contribution in [0.25, 0.3) is 6.08 Å². The number of esters is 1. The highest BCUT2D eigenvalue weighted by Gasteiger charge is 2.31. The van der Waals surface area contributed by atoms with E-state index in [1.165, 1.54) is 6.08 Å². The molecule has 1 fully saturated rings. The largest absolute Gasteiger partial charge is 0.494 e. The first-order valence-electron chi connectivity index (χ1n) is 10.1. The molecule has 7 nitrogen and oxygen atoms in total. The topological polar surface area (TPSA) is 88.9 Å². The second-order valence-corrected chi connectivity index (χ2v) is 6.81. The van der Waals surface area contributed by atoms with Crippen molar-refractivity contribution in [3.05, 3.63) is 71.3 Å². The Morgan fingerprint density at radius 3 is 2.42 bits per heavy atom. The van der Waals surface area contributed by atoms with Gasteiger partial charge in [0.25, 0.3) is 5.91 Å². The molecule has 0 radical (unpaired) electrons. The van der Waals surface area contributed by atoms with Gasteiger partial charge in [-0.25, -0.2) is 4.79 Å². The second kappa shape index (κ2) is 11.0. The summed E-state index contributed by atoms with van der Waals surface area (Å²) in [6, 6.07) is 17.7. The number of carbonyl (C=O) groups excluding carboxylic acids is 2. The number of benzene rings is 2. The van der Waals surface area contributed by atoms with Gasteiger partial charge in [-0.2, -0.15) is 5.26 Å². The van der Waals surface area contributed by atoms with Crippen LogP contribution in [-0.4, -0.2) is 49.7 Å². The van der Waals surface area contributed by atoms with Crippen molar-refractivity contribution in [1.29, 1.82) is 5.26 Å². The van der Waals surface area contributed by atoms with E-state index in [2.05, 4.69) is 0 Å². The van der Waals surface area contributed by atoms with Gasteiger partial charge >= 0.3 is 5.97 Å². The summed E-state index contributed by atoms with van der Waals surface area (Å²) in [5, 5.41) is 9.51. The van der Waals surface area contributed by atoms with E-state index in [1.54, 1.807) is 53.4 Å². The van der Waals surface area contributed by atoms with Crippen molar-refractivity contribution in [2.75, 3.05) is 32.9 Å². The van der Waals surface area contributed by atoms with Gasteiger partial charge in [0, 0.05) is 18.7 Å². The first-order chi connectivity index (χ1) is 15.1. The van der Waals surface area contributed by atoms with Gasteiger partial charge in [-0.1, -0.05) is 42.5 Å². The summed E-state index contributed by atoms with van der Waals surface area (Å²) < 4.78 is 16.2. The Balaban J connectivity index is 1.81. The monoisotopic (exact) mass is 420 g/mol. The summed E-state index contributed by atoms with van der Waals surface area (Å²) in [6.45, 7) is 4.15. The van der Waals surface area contributed by atoms with E-state index in [0.29, 0.717) is 49.8 Å². The summed E-state index contributed by atoms with van der Waals surface area (Å²) >= 11 is 0. The quantitative estimate of drug-likeness (QED) is 0.388. The fourth-order valence-corrected chi connectivity index (χ4v) is 3.14. The lowest BCUT2D eigenvalue weighted by Gasteiger charge is -2.30.